The maximum atomic E-state index is 10.3. The van der Waals surface area contributed by atoms with Gasteiger partial charge in [-0.15, -0.1) is 0 Å². The monoisotopic (exact) mass is 271 g/mol. The summed E-state index contributed by atoms with van der Waals surface area (Å²) in [5, 5.41) is 14.9. The van der Waals surface area contributed by atoms with Crippen molar-refractivity contribution in [2.75, 3.05) is 0 Å². The van der Waals surface area contributed by atoms with Crippen molar-refractivity contribution in [3.05, 3.63) is 47.5 Å². The molecule has 0 bridgehead atoms. The summed E-state index contributed by atoms with van der Waals surface area (Å²) >= 11 is 0. The number of aryl methyl sites for hydroxylation is 1. The van der Waals surface area contributed by atoms with E-state index in [0.29, 0.717) is 12.5 Å². The highest BCUT2D eigenvalue weighted by atomic mass is 16.3. The zero-order valence-corrected chi connectivity index (χ0v) is 11.9. The molecule has 1 aliphatic rings. The van der Waals surface area contributed by atoms with E-state index < -0.39 is 6.10 Å². The minimum Gasteiger partial charge on any atom is -0.388 e. The third-order valence-corrected chi connectivity index (χ3v) is 4.05. The molecule has 1 N–H and O–H groups in total. The lowest BCUT2D eigenvalue weighted by atomic mass is 10.1. The van der Waals surface area contributed by atoms with E-state index in [1.165, 1.54) is 25.7 Å². The normalized spacial score (nSPS) is 17.5. The summed E-state index contributed by atoms with van der Waals surface area (Å²) in [5.74, 6) is 0. The van der Waals surface area contributed by atoms with Crippen molar-refractivity contribution < 1.29 is 5.11 Å². The standard InChI is InChI=1S/C16H21N3O/c1-12-8-13(11-17-10-12)16(20)9-14-6-7-19(18-14)15-4-2-3-5-15/h6-8,10-11,15-16,20H,2-5,9H2,1H3. The van der Waals surface area contributed by atoms with Gasteiger partial charge in [0.15, 0.2) is 0 Å². The topological polar surface area (TPSA) is 50.9 Å². The largest absolute Gasteiger partial charge is 0.388 e. The molecule has 1 atom stereocenters. The maximum Gasteiger partial charge on any atom is 0.0861 e. The van der Waals surface area contributed by atoms with Gasteiger partial charge in [-0.1, -0.05) is 18.9 Å². The number of hydrogen-bond acceptors (Lipinski definition) is 3. The van der Waals surface area contributed by atoms with E-state index in [-0.39, 0.29) is 0 Å². The second-order valence-corrected chi connectivity index (χ2v) is 5.74. The Morgan fingerprint density at radius 3 is 2.90 bits per heavy atom. The Kier molecular flexibility index (Phi) is 3.83. The molecule has 1 saturated carbocycles. The Labute approximate surface area is 119 Å². The third kappa shape index (κ3) is 2.90. The van der Waals surface area contributed by atoms with E-state index in [4.69, 9.17) is 0 Å². The Morgan fingerprint density at radius 2 is 2.15 bits per heavy atom. The summed E-state index contributed by atoms with van der Waals surface area (Å²) in [7, 11) is 0. The van der Waals surface area contributed by atoms with Gasteiger partial charge in [-0.25, -0.2) is 0 Å². The van der Waals surface area contributed by atoms with Crippen LogP contribution in [0, 0.1) is 6.92 Å². The van der Waals surface area contributed by atoms with Crippen LogP contribution in [0.15, 0.2) is 30.7 Å². The molecule has 0 radical (unpaired) electrons. The lowest BCUT2D eigenvalue weighted by Crippen LogP contribution is -2.07. The molecule has 2 aromatic rings. The van der Waals surface area contributed by atoms with Gasteiger partial charge in [0.05, 0.1) is 17.8 Å². The van der Waals surface area contributed by atoms with E-state index in [1.54, 1.807) is 12.4 Å². The van der Waals surface area contributed by atoms with Crippen molar-refractivity contribution in [1.82, 2.24) is 14.8 Å². The van der Waals surface area contributed by atoms with Crippen molar-refractivity contribution in [2.24, 2.45) is 0 Å². The predicted molar refractivity (Wildman–Crippen MR) is 77.4 cm³/mol. The molecule has 4 nitrogen and oxygen atoms in total. The van der Waals surface area contributed by atoms with E-state index in [0.717, 1.165) is 16.8 Å². The summed E-state index contributed by atoms with van der Waals surface area (Å²) in [6, 6.07) is 4.55. The summed E-state index contributed by atoms with van der Waals surface area (Å²) < 4.78 is 2.07. The number of nitrogens with zero attached hydrogens (tertiary/aromatic N) is 3. The first-order valence-corrected chi connectivity index (χ1v) is 7.36. The molecule has 0 amide bonds. The highest BCUT2D eigenvalue weighted by Gasteiger charge is 2.18. The first kappa shape index (κ1) is 13.3. The quantitative estimate of drug-likeness (QED) is 0.930. The average Bonchev–Trinajstić information content (AvgIpc) is 3.08. The number of aliphatic hydroxyl groups excluding tert-OH is 1. The molecule has 0 spiro atoms. The molecular formula is C16H21N3O. The fourth-order valence-electron chi connectivity index (χ4n) is 2.93. The molecule has 2 aromatic heterocycles. The minimum atomic E-state index is -0.533. The Balaban J connectivity index is 1.68. The number of pyridine rings is 1. The van der Waals surface area contributed by atoms with E-state index in [2.05, 4.69) is 14.8 Å². The molecule has 0 aliphatic heterocycles. The molecule has 1 unspecified atom stereocenters. The minimum absolute atomic E-state index is 0.533. The molecule has 2 heterocycles. The molecule has 106 valence electrons. The van der Waals surface area contributed by atoms with Crippen LogP contribution in [0.25, 0.3) is 0 Å². The van der Waals surface area contributed by atoms with Gasteiger partial charge >= 0.3 is 0 Å². The average molecular weight is 271 g/mol. The number of hydrogen-bond donors (Lipinski definition) is 1. The maximum absolute atomic E-state index is 10.3. The third-order valence-electron chi connectivity index (χ3n) is 4.05. The van der Waals surface area contributed by atoms with Gasteiger partial charge in [0.2, 0.25) is 0 Å². The summed E-state index contributed by atoms with van der Waals surface area (Å²) in [6.07, 6.45) is 10.6. The smallest absolute Gasteiger partial charge is 0.0861 e. The van der Waals surface area contributed by atoms with Crippen molar-refractivity contribution >= 4 is 0 Å². The molecular weight excluding hydrogens is 250 g/mol. The van der Waals surface area contributed by atoms with E-state index in [9.17, 15) is 5.11 Å². The summed E-state index contributed by atoms with van der Waals surface area (Å²) in [6.45, 7) is 1.98. The van der Waals surface area contributed by atoms with Gasteiger partial charge in [0, 0.05) is 25.0 Å². The van der Waals surface area contributed by atoms with E-state index >= 15 is 0 Å². The van der Waals surface area contributed by atoms with Crippen LogP contribution in [-0.2, 0) is 6.42 Å². The first-order valence-electron chi connectivity index (χ1n) is 7.36. The zero-order valence-electron chi connectivity index (χ0n) is 11.9. The van der Waals surface area contributed by atoms with Crippen LogP contribution < -0.4 is 0 Å². The van der Waals surface area contributed by atoms with Crippen molar-refractivity contribution in [1.29, 1.82) is 0 Å². The first-order chi connectivity index (χ1) is 9.72. The fourth-order valence-corrected chi connectivity index (χ4v) is 2.93. The van der Waals surface area contributed by atoms with Gasteiger partial charge in [-0.05, 0) is 37.0 Å². The molecule has 1 aliphatic carbocycles. The van der Waals surface area contributed by atoms with Gasteiger partial charge in [0.25, 0.3) is 0 Å². The van der Waals surface area contributed by atoms with Crippen LogP contribution in [0.5, 0.6) is 0 Å². The molecule has 4 heteroatoms. The Bertz CT molecular complexity index is 573. The molecule has 20 heavy (non-hydrogen) atoms. The van der Waals surface area contributed by atoms with Crippen LogP contribution in [0.4, 0.5) is 0 Å². The van der Waals surface area contributed by atoms with Crippen LogP contribution in [-0.4, -0.2) is 19.9 Å². The molecule has 3 rings (SSSR count). The van der Waals surface area contributed by atoms with Crippen LogP contribution in [0.1, 0.15) is 54.6 Å². The van der Waals surface area contributed by atoms with E-state index in [1.807, 2.05) is 25.3 Å². The second kappa shape index (κ2) is 5.75. The molecule has 1 fully saturated rings. The number of rotatable bonds is 4. The van der Waals surface area contributed by atoms with Gasteiger partial charge in [0.1, 0.15) is 0 Å². The highest BCUT2D eigenvalue weighted by molar-refractivity contribution is 5.20. The number of aromatic nitrogens is 3. The lowest BCUT2D eigenvalue weighted by Gasteiger charge is -2.11. The van der Waals surface area contributed by atoms with Crippen LogP contribution in [0.3, 0.4) is 0 Å². The second-order valence-electron chi connectivity index (χ2n) is 5.74. The molecule has 0 aromatic carbocycles. The zero-order chi connectivity index (χ0) is 13.9. The van der Waals surface area contributed by atoms with Gasteiger partial charge in [-0.2, -0.15) is 5.10 Å². The van der Waals surface area contributed by atoms with Crippen molar-refractivity contribution in [3.63, 3.8) is 0 Å². The molecule has 0 saturated heterocycles. The SMILES string of the molecule is Cc1cncc(C(O)Cc2ccn(C3CCCC3)n2)c1. The Hall–Kier alpha value is -1.68. The van der Waals surface area contributed by atoms with Crippen LogP contribution in [0.2, 0.25) is 0 Å². The van der Waals surface area contributed by atoms with Gasteiger partial charge in [-0.3, -0.25) is 9.67 Å². The van der Waals surface area contributed by atoms with Crippen molar-refractivity contribution in [3.8, 4) is 0 Å². The lowest BCUT2D eigenvalue weighted by molar-refractivity contribution is 0.176. The summed E-state index contributed by atoms with van der Waals surface area (Å²) in [4.78, 5) is 4.13. The summed E-state index contributed by atoms with van der Waals surface area (Å²) in [5.41, 5.74) is 2.88. The predicted octanol–water partition coefficient (Wildman–Crippen LogP) is 2.98. The van der Waals surface area contributed by atoms with Gasteiger partial charge < -0.3 is 5.11 Å². The highest BCUT2D eigenvalue weighted by Crippen LogP contribution is 2.29. The van der Waals surface area contributed by atoms with Crippen molar-refractivity contribution in [2.45, 2.75) is 51.2 Å². The number of aliphatic hydroxyl groups is 1. The van der Waals surface area contributed by atoms with Crippen LogP contribution >= 0.6 is 0 Å². The Morgan fingerprint density at radius 1 is 1.35 bits per heavy atom. The fraction of sp³-hybridized carbons (Fsp3) is 0.500.